The summed E-state index contributed by atoms with van der Waals surface area (Å²) in [4.78, 5) is 0. The Balaban J connectivity index is 2.61. The van der Waals surface area contributed by atoms with E-state index in [0.717, 1.165) is 3.58 Å². The van der Waals surface area contributed by atoms with Crippen molar-refractivity contribution in [3.8, 4) is 0 Å². The Hall–Kier alpha value is -0.0913. The van der Waals surface area contributed by atoms with Crippen molar-refractivity contribution in [3.05, 3.63) is 30.3 Å². The van der Waals surface area contributed by atoms with Crippen molar-refractivity contribution in [1.29, 1.82) is 0 Å². The molecule has 0 heterocycles. The summed E-state index contributed by atoms with van der Waals surface area (Å²) in [6.45, 7) is 2.32. The van der Waals surface area contributed by atoms with Crippen molar-refractivity contribution in [3.63, 3.8) is 0 Å². The molecule has 1 atom stereocenters. The normalized spacial score (nSPS) is 12.9. The van der Waals surface area contributed by atoms with Crippen LogP contribution in [0, 0.1) is 0 Å². The molecule has 0 aliphatic rings. The van der Waals surface area contributed by atoms with Crippen molar-refractivity contribution >= 4 is 24.3 Å². The molecule has 1 nitrogen and oxygen atoms in total. The van der Waals surface area contributed by atoms with Gasteiger partial charge in [-0.15, -0.1) is 0 Å². The van der Waals surface area contributed by atoms with E-state index in [0.29, 0.717) is 6.61 Å². The Bertz CT molecular complexity index is 203. The van der Waals surface area contributed by atoms with Crippen LogP contribution in [0.1, 0.15) is 6.92 Å². The first-order valence-electron chi connectivity index (χ1n) is 3.65. The minimum atomic E-state index is -3.22. The van der Waals surface area contributed by atoms with Gasteiger partial charge in [0.2, 0.25) is 0 Å². The van der Waals surface area contributed by atoms with Gasteiger partial charge >= 0.3 is 74.1 Å². The molecule has 1 unspecified atom stereocenters. The summed E-state index contributed by atoms with van der Waals surface area (Å²) in [6.07, 6.45) is 0. The number of benzene rings is 1. The first-order chi connectivity index (χ1) is 5.34. The summed E-state index contributed by atoms with van der Waals surface area (Å²) in [5.74, 6) is 0. The zero-order chi connectivity index (χ0) is 8.10. The van der Waals surface area contributed by atoms with Crippen molar-refractivity contribution in [2.45, 2.75) is 6.92 Å². The molecule has 0 aromatic heterocycles. The van der Waals surface area contributed by atoms with Gasteiger partial charge in [-0.3, -0.25) is 0 Å². The van der Waals surface area contributed by atoms with Crippen LogP contribution in [0.4, 0.5) is 2.87 Å². The number of halogens is 1. The standard InChI is InChI=1S/C6H5.C2H5O.FH.Sn.H/c1-2-4-6-5-3-1;1-2-3;;;/h1-5H;2H2,1H3;1H;;/q;-1;;+2;/p-1. The molecule has 11 heavy (non-hydrogen) atoms. The molecule has 1 rings (SSSR count). The van der Waals surface area contributed by atoms with Crippen LogP contribution in [0.2, 0.25) is 0 Å². The zero-order valence-corrected chi connectivity index (χ0v) is 9.75. The second-order valence-electron chi connectivity index (χ2n) is 2.18. The molecular weight excluding hydrogens is 250 g/mol. The Morgan fingerprint density at radius 1 is 1.36 bits per heavy atom. The number of rotatable bonds is 3. The van der Waals surface area contributed by atoms with Gasteiger partial charge in [-0.1, -0.05) is 0 Å². The molecule has 3 heteroatoms. The van der Waals surface area contributed by atoms with E-state index in [1.165, 1.54) is 0 Å². The van der Waals surface area contributed by atoms with Crippen LogP contribution in [0.3, 0.4) is 0 Å². The maximum absolute atomic E-state index is 13.1. The topological polar surface area (TPSA) is 9.23 Å². The molecule has 0 saturated carbocycles. The van der Waals surface area contributed by atoms with Crippen LogP contribution < -0.4 is 3.58 Å². The Morgan fingerprint density at radius 3 is 2.55 bits per heavy atom. The summed E-state index contributed by atoms with van der Waals surface area (Å²) >= 11 is -3.22. The quantitative estimate of drug-likeness (QED) is 0.741. The van der Waals surface area contributed by atoms with Crippen LogP contribution in [-0.4, -0.2) is 27.4 Å². The fourth-order valence-electron chi connectivity index (χ4n) is 0.847. The van der Waals surface area contributed by atoms with E-state index in [-0.39, 0.29) is 0 Å². The van der Waals surface area contributed by atoms with Crippen LogP contribution in [0.25, 0.3) is 0 Å². The van der Waals surface area contributed by atoms with Gasteiger partial charge in [0.05, 0.1) is 0 Å². The summed E-state index contributed by atoms with van der Waals surface area (Å²) in [5, 5.41) is 0. The Labute approximate surface area is 74.2 Å². The molecule has 0 radical (unpaired) electrons. The zero-order valence-electron chi connectivity index (χ0n) is 6.46. The molecule has 0 fully saturated rings. The van der Waals surface area contributed by atoms with Crippen molar-refractivity contribution in [2.24, 2.45) is 0 Å². The number of hydrogen-bond donors (Lipinski definition) is 0. The predicted molar refractivity (Wildman–Crippen MR) is 46.0 cm³/mol. The summed E-state index contributed by atoms with van der Waals surface area (Å²) in [6, 6.07) is 9.18. The SMILES string of the molecule is CC[O][SnH]([F])[c]1ccccc1. The van der Waals surface area contributed by atoms with Gasteiger partial charge in [0.1, 0.15) is 0 Å². The van der Waals surface area contributed by atoms with E-state index in [4.69, 9.17) is 3.07 Å². The van der Waals surface area contributed by atoms with E-state index in [1.54, 1.807) is 12.1 Å². The third kappa shape index (κ3) is 2.79. The van der Waals surface area contributed by atoms with Gasteiger partial charge in [-0.25, -0.2) is 0 Å². The van der Waals surface area contributed by atoms with Gasteiger partial charge in [-0.05, 0) is 0 Å². The van der Waals surface area contributed by atoms with Gasteiger partial charge in [0.25, 0.3) is 0 Å². The minimum absolute atomic E-state index is 0.492. The predicted octanol–water partition coefficient (Wildman–Crippen LogP) is 1.12. The molecular formula is C8H11FOSn. The molecule has 0 bridgehead atoms. The molecule has 1 aromatic rings. The molecule has 0 amide bonds. The molecule has 0 saturated heterocycles. The molecule has 60 valence electrons. The number of hydrogen-bond acceptors (Lipinski definition) is 1. The van der Waals surface area contributed by atoms with Gasteiger partial charge in [0.15, 0.2) is 0 Å². The van der Waals surface area contributed by atoms with Crippen molar-refractivity contribution in [2.75, 3.05) is 6.61 Å². The summed E-state index contributed by atoms with van der Waals surface area (Å²) < 4.78 is 18.9. The van der Waals surface area contributed by atoms with E-state index in [2.05, 4.69) is 0 Å². The molecule has 0 spiro atoms. The maximum atomic E-state index is 13.1. The molecule has 0 aliphatic carbocycles. The fourth-order valence-corrected chi connectivity index (χ4v) is 3.73. The van der Waals surface area contributed by atoms with Gasteiger partial charge in [0, 0.05) is 0 Å². The van der Waals surface area contributed by atoms with Crippen LogP contribution in [0.15, 0.2) is 30.3 Å². The second-order valence-corrected chi connectivity index (χ2v) is 6.84. The van der Waals surface area contributed by atoms with Crippen LogP contribution >= 0.6 is 0 Å². The molecule has 0 N–H and O–H groups in total. The fraction of sp³-hybridized carbons (Fsp3) is 0.250. The van der Waals surface area contributed by atoms with E-state index in [9.17, 15) is 2.87 Å². The molecule has 1 aromatic carbocycles. The first kappa shape index (κ1) is 9.00. The monoisotopic (exact) mass is 262 g/mol. The summed E-state index contributed by atoms with van der Waals surface area (Å²) in [7, 11) is 0. The van der Waals surface area contributed by atoms with Gasteiger partial charge in [-0.2, -0.15) is 0 Å². The third-order valence-corrected chi connectivity index (χ3v) is 5.76. The van der Waals surface area contributed by atoms with E-state index < -0.39 is 20.7 Å². The van der Waals surface area contributed by atoms with E-state index in [1.807, 2.05) is 25.1 Å². The molecule has 0 aliphatic heterocycles. The van der Waals surface area contributed by atoms with E-state index >= 15 is 0 Å². The Kier molecular flexibility index (Phi) is 3.86. The average molecular weight is 261 g/mol. The first-order valence-corrected chi connectivity index (χ1v) is 7.89. The average Bonchev–Trinajstić information content (AvgIpc) is 2.07. The van der Waals surface area contributed by atoms with Gasteiger partial charge < -0.3 is 0 Å². The summed E-state index contributed by atoms with van der Waals surface area (Å²) in [5.41, 5.74) is 0. The second kappa shape index (κ2) is 4.72. The van der Waals surface area contributed by atoms with Crippen LogP contribution in [-0.2, 0) is 3.07 Å². The third-order valence-electron chi connectivity index (χ3n) is 1.37. The van der Waals surface area contributed by atoms with Crippen molar-refractivity contribution < 1.29 is 5.94 Å². The van der Waals surface area contributed by atoms with Crippen molar-refractivity contribution in [1.82, 2.24) is 0 Å². The van der Waals surface area contributed by atoms with Crippen LogP contribution in [0.5, 0.6) is 0 Å². The Morgan fingerprint density at radius 2 is 2.00 bits per heavy atom.